The molecular weight excluding hydrogens is 273 g/mol. The van der Waals surface area contributed by atoms with Crippen LogP contribution in [-0.4, -0.2) is 14.8 Å². The number of pyridine rings is 1. The van der Waals surface area contributed by atoms with E-state index in [-0.39, 0.29) is 0 Å². The average Bonchev–Trinajstić information content (AvgIpc) is 2.62. The van der Waals surface area contributed by atoms with E-state index in [0.717, 1.165) is 17.1 Å². The van der Waals surface area contributed by atoms with E-state index in [0.29, 0.717) is 23.3 Å². The Balaban J connectivity index is 2.06. The van der Waals surface area contributed by atoms with Crippen LogP contribution in [0.5, 0.6) is 5.75 Å². The van der Waals surface area contributed by atoms with E-state index in [2.05, 4.69) is 10.1 Å². The molecule has 0 saturated carbocycles. The number of alkyl halides is 1. The lowest BCUT2D eigenvalue weighted by Gasteiger charge is -2.07. The Kier molecular flexibility index (Phi) is 4.09. The molecule has 0 bridgehead atoms. The van der Waals surface area contributed by atoms with Crippen LogP contribution < -0.4 is 4.74 Å². The number of hydrogen-bond donors (Lipinski definition) is 0. The number of halogens is 2. The monoisotopic (exact) mass is 285 g/mol. The van der Waals surface area contributed by atoms with Gasteiger partial charge in [-0.3, -0.25) is 9.67 Å². The summed E-state index contributed by atoms with van der Waals surface area (Å²) < 4.78 is 7.34. The minimum atomic E-state index is 0.359. The quantitative estimate of drug-likeness (QED) is 0.811. The molecule has 0 radical (unpaired) electrons. The SMILES string of the molecule is Cc1nn(C)c(COc2ccc(CCl)nc2)c1Cl. The molecule has 6 heteroatoms. The standard InChI is InChI=1S/C12H13Cl2N3O/c1-8-12(14)11(17(2)16-8)7-18-10-4-3-9(5-13)15-6-10/h3-4,6H,5,7H2,1-2H3. The normalized spacial score (nSPS) is 10.7. The van der Waals surface area contributed by atoms with E-state index in [4.69, 9.17) is 27.9 Å². The van der Waals surface area contributed by atoms with Crippen LogP contribution in [0.1, 0.15) is 17.1 Å². The molecular formula is C12H13Cl2N3O. The van der Waals surface area contributed by atoms with Crippen molar-refractivity contribution in [2.75, 3.05) is 0 Å². The highest BCUT2D eigenvalue weighted by Crippen LogP contribution is 2.21. The first-order valence-corrected chi connectivity index (χ1v) is 6.34. The zero-order valence-electron chi connectivity index (χ0n) is 10.2. The summed E-state index contributed by atoms with van der Waals surface area (Å²) in [5.41, 5.74) is 2.46. The van der Waals surface area contributed by atoms with Gasteiger partial charge in [0.25, 0.3) is 0 Å². The van der Waals surface area contributed by atoms with E-state index < -0.39 is 0 Å². The molecule has 0 fully saturated rings. The predicted molar refractivity (Wildman–Crippen MR) is 71.1 cm³/mol. The van der Waals surface area contributed by atoms with Crippen molar-refractivity contribution < 1.29 is 4.74 Å². The minimum absolute atomic E-state index is 0.359. The van der Waals surface area contributed by atoms with Gasteiger partial charge in [0.2, 0.25) is 0 Å². The van der Waals surface area contributed by atoms with Crippen molar-refractivity contribution in [2.45, 2.75) is 19.4 Å². The molecule has 0 spiro atoms. The molecule has 0 aliphatic rings. The smallest absolute Gasteiger partial charge is 0.138 e. The summed E-state index contributed by atoms with van der Waals surface area (Å²) in [4.78, 5) is 4.15. The molecule has 2 aromatic rings. The van der Waals surface area contributed by atoms with E-state index in [1.807, 2.05) is 26.1 Å². The fraction of sp³-hybridized carbons (Fsp3) is 0.333. The summed E-state index contributed by atoms with van der Waals surface area (Å²) in [7, 11) is 1.84. The van der Waals surface area contributed by atoms with Gasteiger partial charge in [-0.1, -0.05) is 11.6 Å². The van der Waals surface area contributed by atoms with Gasteiger partial charge in [-0.2, -0.15) is 5.10 Å². The van der Waals surface area contributed by atoms with Gasteiger partial charge >= 0.3 is 0 Å². The van der Waals surface area contributed by atoms with Crippen LogP contribution in [0, 0.1) is 6.92 Å². The molecule has 2 heterocycles. The van der Waals surface area contributed by atoms with Crippen LogP contribution in [-0.2, 0) is 19.5 Å². The number of nitrogens with zero attached hydrogens (tertiary/aromatic N) is 3. The highest BCUT2D eigenvalue weighted by Gasteiger charge is 2.11. The maximum absolute atomic E-state index is 6.13. The zero-order valence-corrected chi connectivity index (χ0v) is 11.7. The van der Waals surface area contributed by atoms with Gasteiger partial charge in [-0.25, -0.2) is 0 Å². The van der Waals surface area contributed by atoms with Crippen molar-refractivity contribution in [1.82, 2.24) is 14.8 Å². The second kappa shape index (κ2) is 5.59. The van der Waals surface area contributed by atoms with Crippen molar-refractivity contribution in [3.8, 4) is 5.75 Å². The van der Waals surface area contributed by atoms with E-state index >= 15 is 0 Å². The Hall–Kier alpha value is -1.26. The van der Waals surface area contributed by atoms with Crippen molar-refractivity contribution in [2.24, 2.45) is 7.05 Å². The topological polar surface area (TPSA) is 39.9 Å². The van der Waals surface area contributed by atoms with Gasteiger partial charge in [-0.05, 0) is 19.1 Å². The van der Waals surface area contributed by atoms with Crippen LogP contribution in [0.15, 0.2) is 18.3 Å². The highest BCUT2D eigenvalue weighted by molar-refractivity contribution is 6.31. The lowest BCUT2D eigenvalue weighted by Crippen LogP contribution is -2.03. The Labute approximate surface area is 115 Å². The molecule has 0 aromatic carbocycles. The number of rotatable bonds is 4. The predicted octanol–water partition coefficient (Wildman–Crippen LogP) is 3.09. The second-order valence-corrected chi connectivity index (χ2v) is 4.52. The van der Waals surface area contributed by atoms with Crippen LogP contribution in [0.3, 0.4) is 0 Å². The maximum Gasteiger partial charge on any atom is 0.138 e. The van der Waals surface area contributed by atoms with Gasteiger partial charge in [0.1, 0.15) is 12.4 Å². The lowest BCUT2D eigenvalue weighted by atomic mass is 10.3. The molecule has 2 aromatic heterocycles. The van der Waals surface area contributed by atoms with Gasteiger partial charge < -0.3 is 4.74 Å². The van der Waals surface area contributed by atoms with Crippen LogP contribution >= 0.6 is 23.2 Å². The summed E-state index contributed by atoms with van der Waals surface area (Å²) in [5.74, 6) is 1.08. The number of hydrogen-bond acceptors (Lipinski definition) is 3. The summed E-state index contributed by atoms with van der Waals surface area (Å²) >= 11 is 11.8. The largest absolute Gasteiger partial charge is 0.486 e. The van der Waals surface area contributed by atoms with Gasteiger partial charge in [0.05, 0.1) is 34.2 Å². The molecule has 4 nitrogen and oxygen atoms in total. The van der Waals surface area contributed by atoms with Gasteiger partial charge in [-0.15, -0.1) is 11.6 Å². The fourth-order valence-electron chi connectivity index (χ4n) is 1.56. The van der Waals surface area contributed by atoms with E-state index in [9.17, 15) is 0 Å². The summed E-state index contributed by atoms with van der Waals surface area (Å²) in [6.07, 6.45) is 1.65. The van der Waals surface area contributed by atoms with Gasteiger partial charge in [0.15, 0.2) is 0 Å². The maximum atomic E-state index is 6.13. The fourth-order valence-corrected chi connectivity index (χ4v) is 1.94. The zero-order chi connectivity index (χ0) is 13.1. The summed E-state index contributed by atoms with van der Waals surface area (Å²) in [6.45, 7) is 2.22. The third-order valence-electron chi connectivity index (χ3n) is 2.57. The van der Waals surface area contributed by atoms with E-state index in [1.54, 1.807) is 10.9 Å². The Morgan fingerprint density at radius 2 is 2.17 bits per heavy atom. The molecule has 0 aliphatic carbocycles. The van der Waals surface area contributed by atoms with Crippen LogP contribution in [0.25, 0.3) is 0 Å². The molecule has 0 atom stereocenters. The Morgan fingerprint density at radius 3 is 2.67 bits per heavy atom. The van der Waals surface area contributed by atoms with Gasteiger partial charge in [0, 0.05) is 7.05 Å². The van der Waals surface area contributed by atoms with Crippen LogP contribution in [0.2, 0.25) is 5.02 Å². The molecule has 2 rings (SSSR count). The third kappa shape index (κ3) is 2.76. The number of aromatic nitrogens is 3. The lowest BCUT2D eigenvalue weighted by molar-refractivity contribution is 0.293. The Bertz CT molecular complexity index is 537. The second-order valence-electron chi connectivity index (χ2n) is 3.88. The molecule has 0 saturated heterocycles. The van der Waals surface area contributed by atoms with E-state index in [1.165, 1.54) is 0 Å². The molecule has 96 valence electrons. The summed E-state index contributed by atoms with van der Waals surface area (Å²) in [5, 5.41) is 4.86. The van der Waals surface area contributed by atoms with Crippen molar-refractivity contribution in [3.05, 3.63) is 40.4 Å². The first-order valence-electron chi connectivity index (χ1n) is 5.43. The van der Waals surface area contributed by atoms with Crippen molar-refractivity contribution in [3.63, 3.8) is 0 Å². The first-order chi connectivity index (χ1) is 8.61. The van der Waals surface area contributed by atoms with Crippen LogP contribution in [0.4, 0.5) is 0 Å². The number of ether oxygens (including phenoxy) is 1. The minimum Gasteiger partial charge on any atom is -0.486 e. The first kappa shape index (κ1) is 13.2. The molecule has 0 unspecified atom stereocenters. The number of aryl methyl sites for hydroxylation is 2. The molecule has 0 amide bonds. The highest BCUT2D eigenvalue weighted by atomic mass is 35.5. The summed E-state index contributed by atoms with van der Waals surface area (Å²) in [6, 6.07) is 3.67. The average molecular weight is 286 g/mol. The molecule has 0 N–H and O–H groups in total. The third-order valence-corrected chi connectivity index (χ3v) is 3.34. The molecule has 0 aliphatic heterocycles. The molecule has 18 heavy (non-hydrogen) atoms. The Morgan fingerprint density at radius 1 is 1.39 bits per heavy atom. The van der Waals surface area contributed by atoms with Crippen molar-refractivity contribution >= 4 is 23.2 Å². The van der Waals surface area contributed by atoms with Crippen molar-refractivity contribution in [1.29, 1.82) is 0 Å².